The van der Waals surface area contributed by atoms with E-state index in [2.05, 4.69) is 31.8 Å². The lowest BCUT2D eigenvalue weighted by Crippen LogP contribution is -2.31. The average molecular weight is 300 g/mol. The number of imidazole rings is 1. The standard InChI is InChI=1S/C16H24N6/c1-21-15-13(20-16(21)22-9-5-2-6-10-22)14(17-11-18-15)19-12-7-3-4-8-12/h11-12H,2-10H2,1H3,(H,17,18,19). The molecule has 2 fully saturated rings. The van der Waals surface area contributed by atoms with Gasteiger partial charge >= 0.3 is 0 Å². The fourth-order valence-electron chi connectivity index (χ4n) is 3.73. The monoisotopic (exact) mass is 300 g/mol. The minimum atomic E-state index is 0.540. The Morgan fingerprint density at radius 3 is 2.59 bits per heavy atom. The average Bonchev–Trinajstić information content (AvgIpc) is 3.18. The fraction of sp³-hybridized carbons (Fsp3) is 0.688. The largest absolute Gasteiger partial charge is 0.365 e. The van der Waals surface area contributed by atoms with Crippen molar-refractivity contribution in [2.45, 2.75) is 51.0 Å². The van der Waals surface area contributed by atoms with Gasteiger partial charge in [0.05, 0.1) is 0 Å². The van der Waals surface area contributed by atoms with E-state index in [1.165, 1.54) is 44.9 Å². The van der Waals surface area contributed by atoms with Crippen LogP contribution < -0.4 is 10.2 Å². The quantitative estimate of drug-likeness (QED) is 0.944. The molecule has 2 aliphatic rings. The van der Waals surface area contributed by atoms with Crippen LogP contribution in [0, 0.1) is 0 Å². The molecule has 1 aliphatic heterocycles. The maximum absolute atomic E-state index is 4.88. The van der Waals surface area contributed by atoms with Crippen LogP contribution in [0.25, 0.3) is 11.2 Å². The number of aromatic nitrogens is 4. The zero-order chi connectivity index (χ0) is 14.9. The van der Waals surface area contributed by atoms with Gasteiger partial charge in [0.2, 0.25) is 5.95 Å². The number of aryl methyl sites for hydroxylation is 1. The molecule has 0 aromatic carbocycles. The van der Waals surface area contributed by atoms with Crippen LogP contribution in [0.3, 0.4) is 0 Å². The Morgan fingerprint density at radius 2 is 1.82 bits per heavy atom. The third-order valence-corrected chi connectivity index (χ3v) is 4.97. The van der Waals surface area contributed by atoms with Gasteiger partial charge in [0.1, 0.15) is 6.33 Å². The van der Waals surface area contributed by atoms with Crippen molar-refractivity contribution in [1.82, 2.24) is 19.5 Å². The summed E-state index contributed by atoms with van der Waals surface area (Å²) >= 11 is 0. The summed E-state index contributed by atoms with van der Waals surface area (Å²) in [6.45, 7) is 2.19. The zero-order valence-corrected chi connectivity index (χ0v) is 13.3. The summed E-state index contributed by atoms with van der Waals surface area (Å²) in [6, 6.07) is 0.540. The van der Waals surface area contributed by atoms with Gasteiger partial charge < -0.3 is 10.2 Å². The molecule has 3 heterocycles. The molecule has 0 unspecified atom stereocenters. The number of hydrogen-bond acceptors (Lipinski definition) is 5. The lowest BCUT2D eigenvalue weighted by Gasteiger charge is -2.27. The third kappa shape index (κ3) is 2.40. The molecule has 22 heavy (non-hydrogen) atoms. The minimum Gasteiger partial charge on any atom is -0.365 e. The number of anilines is 2. The summed E-state index contributed by atoms with van der Waals surface area (Å²) < 4.78 is 2.11. The fourth-order valence-corrected chi connectivity index (χ4v) is 3.73. The third-order valence-electron chi connectivity index (χ3n) is 4.97. The van der Waals surface area contributed by atoms with E-state index in [-0.39, 0.29) is 0 Å². The van der Waals surface area contributed by atoms with E-state index in [1.807, 2.05) is 0 Å². The van der Waals surface area contributed by atoms with Crippen LogP contribution in [-0.4, -0.2) is 38.7 Å². The highest BCUT2D eigenvalue weighted by Gasteiger charge is 2.22. The first-order valence-electron chi connectivity index (χ1n) is 8.52. The Kier molecular flexibility index (Phi) is 3.60. The van der Waals surface area contributed by atoms with E-state index in [1.54, 1.807) is 6.33 Å². The minimum absolute atomic E-state index is 0.540. The Bertz CT molecular complexity index is 652. The molecule has 2 aromatic rings. The van der Waals surface area contributed by atoms with Gasteiger partial charge in [-0.2, -0.15) is 0 Å². The van der Waals surface area contributed by atoms with E-state index in [4.69, 9.17) is 4.98 Å². The van der Waals surface area contributed by atoms with Crippen molar-refractivity contribution >= 4 is 22.9 Å². The summed E-state index contributed by atoms with van der Waals surface area (Å²) in [5.74, 6) is 1.93. The smallest absolute Gasteiger partial charge is 0.207 e. The number of nitrogens with zero attached hydrogens (tertiary/aromatic N) is 5. The van der Waals surface area contributed by atoms with Gasteiger partial charge in [-0.15, -0.1) is 0 Å². The van der Waals surface area contributed by atoms with Gasteiger partial charge in [0.25, 0.3) is 0 Å². The molecular formula is C16H24N6. The van der Waals surface area contributed by atoms with Crippen molar-refractivity contribution in [3.63, 3.8) is 0 Å². The maximum atomic E-state index is 4.88. The molecular weight excluding hydrogens is 276 g/mol. The van der Waals surface area contributed by atoms with Crippen molar-refractivity contribution in [3.05, 3.63) is 6.33 Å². The van der Waals surface area contributed by atoms with Crippen LogP contribution in [0.5, 0.6) is 0 Å². The second-order valence-corrected chi connectivity index (χ2v) is 6.54. The van der Waals surface area contributed by atoms with Crippen LogP contribution >= 0.6 is 0 Å². The topological polar surface area (TPSA) is 58.9 Å². The molecule has 0 radical (unpaired) electrons. The van der Waals surface area contributed by atoms with Crippen molar-refractivity contribution in [3.8, 4) is 0 Å². The molecule has 0 spiro atoms. The highest BCUT2D eigenvalue weighted by molar-refractivity contribution is 5.85. The van der Waals surface area contributed by atoms with E-state index >= 15 is 0 Å². The molecule has 6 nitrogen and oxygen atoms in total. The van der Waals surface area contributed by atoms with Crippen molar-refractivity contribution in [1.29, 1.82) is 0 Å². The second-order valence-electron chi connectivity index (χ2n) is 6.54. The number of fused-ring (bicyclic) bond motifs is 1. The molecule has 1 saturated carbocycles. The predicted octanol–water partition coefficient (Wildman–Crippen LogP) is 2.71. The first kappa shape index (κ1) is 13.8. The van der Waals surface area contributed by atoms with Crippen molar-refractivity contribution in [2.75, 3.05) is 23.3 Å². The van der Waals surface area contributed by atoms with Gasteiger partial charge in [0, 0.05) is 26.2 Å². The molecule has 0 bridgehead atoms. The van der Waals surface area contributed by atoms with Crippen LogP contribution in [0.1, 0.15) is 44.9 Å². The maximum Gasteiger partial charge on any atom is 0.207 e. The molecule has 4 rings (SSSR count). The Balaban J connectivity index is 1.69. The number of hydrogen-bond donors (Lipinski definition) is 1. The van der Waals surface area contributed by atoms with E-state index < -0.39 is 0 Å². The predicted molar refractivity (Wildman–Crippen MR) is 88.2 cm³/mol. The normalized spacial score (nSPS) is 20.0. The first-order chi connectivity index (χ1) is 10.8. The van der Waals surface area contributed by atoms with Crippen LogP contribution in [-0.2, 0) is 7.05 Å². The summed E-state index contributed by atoms with van der Waals surface area (Å²) in [5, 5.41) is 3.58. The lowest BCUT2D eigenvalue weighted by molar-refractivity contribution is 0.563. The number of nitrogens with one attached hydrogen (secondary N) is 1. The van der Waals surface area contributed by atoms with Gasteiger partial charge in [-0.05, 0) is 32.1 Å². The molecule has 1 aliphatic carbocycles. The molecule has 0 amide bonds. The zero-order valence-electron chi connectivity index (χ0n) is 13.3. The summed E-state index contributed by atoms with van der Waals surface area (Å²) in [7, 11) is 2.06. The van der Waals surface area contributed by atoms with Gasteiger partial charge in [-0.1, -0.05) is 12.8 Å². The molecule has 118 valence electrons. The Morgan fingerprint density at radius 1 is 1.05 bits per heavy atom. The SMILES string of the molecule is Cn1c(N2CCCCC2)nc2c(NC3CCCC3)ncnc21. The summed E-state index contributed by atoms with van der Waals surface area (Å²) in [6.07, 6.45) is 10.6. The van der Waals surface area contributed by atoms with Crippen molar-refractivity contribution in [2.24, 2.45) is 7.05 Å². The van der Waals surface area contributed by atoms with Crippen LogP contribution in [0.4, 0.5) is 11.8 Å². The molecule has 2 aromatic heterocycles. The summed E-state index contributed by atoms with van der Waals surface area (Å²) in [4.78, 5) is 16.2. The summed E-state index contributed by atoms with van der Waals surface area (Å²) in [5.41, 5.74) is 1.84. The van der Waals surface area contributed by atoms with Gasteiger partial charge in [-0.25, -0.2) is 15.0 Å². The van der Waals surface area contributed by atoms with Gasteiger partial charge in [0.15, 0.2) is 17.0 Å². The van der Waals surface area contributed by atoms with Gasteiger partial charge in [-0.3, -0.25) is 4.57 Å². The lowest BCUT2D eigenvalue weighted by atomic mass is 10.1. The number of rotatable bonds is 3. The highest BCUT2D eigenvalue weighted by atomic mass is 15.3. The van der Waals surface area contributed by atoms with Crippen molar-refractivity contribution < 1.29 is 0 Å². The van der Waals surface area contributed by atoms with E-state index in [9.17, 15) is 0 Å². The first-order valence-corrected chi connectivity index (χ1v) is 8.52. The van der Waals surface area contributed by atoms with E-state index in [0.29, 0.717) is 6.04 Å². The highest BCUT2D eigenvalue weighted by Crippen LogP contribution is 2.28. The Labute approximate surface area is 131 Å². The van der Waals surface area contributed by atoms with Crippen LogP contribution in [0.2, 0.25) is 0 Å². The second kappa shape index (κ2) is 5.74. The van der Waals surface area contributed by atoms with E-state index in [0.717, 1.165) is 36.0 Å². The van der Waals surface area contributed by atoms with Crippen LogP contribution in [0.15, 0.2) is 6.33 Å². The Hall–Kier alpha value is -1.85. The number of piperidine rings is 1. The molecule has 1 N–H and O–H groups in total. The molecule has 1 saturated heterocycles. The molecule has 0 atom stereocenters. The molecule has 6 heteroatoms.